The van der Waals surface area contributed by atoms with Gasteiger partial charge in [0, 0.05) is 34.2 Å². The summed E-state index contributed by atoms with van der Waals surface area (Å²) in [6, 6.07) is 22.9. The van der Waals surface area contributed by atoms with Crippen LogP contribution in [0.15, 0.2) is 131 Å². The van der Waals surface area contributed by atoms with Crippen LogP contribution in [0.5, 0.6) is 0 Å². The van der Waals surface area contributed by atoms with Gasteiger partial charge >= 0.3 is 0 Å². The van der Waals surface area contributed by atoms with E-state index < -0.39 is 0 Å². The monoisotopic (exact) mass is 578 g/mol. The van der Waals surface area contributed by atoms with Crippen molar-refractivity contribution >= 4 is 17.1 Å². The lowest BCUT2D eigenvalue weighted by molar-refractivity contribution is 0.724. The molecular weight excluding hydrogens is 532 g/mol. The van der Waals surface area contributed by atoms with Crippen LogP contribution in [0.25, 0.3) is 11.1 Å². The standard InChI is InChI=1S/C42H46N2/c1-28-11-8-14-35(22-28)43(36-15-9-12-29(2)23-36)38-17-19-40(32(5)26-38)41-20-18-39(27-33(41)6)44(37-16-10-13-30(3)24-37)42-25-31(4)21-34(42)7/h8,10-12,14,16-27,30-31H,9,13,15H2,1-7H3/t30-,31?/m1/s1. The Labute approximate surface area is 265 Å². The van der Waals surface area contributed by atoms with Gasteiger partial charge in [0.1, 0.15) is 0 Å². The van der Waals surface area contributed by atoms with E-state index in [-0.39, 0.29) is 0 Å². The minimum absolute atomic E-state index is 0.448. The average molecular weight is 579 g/mol. The Morgan fingerprint density at radius 3 is 1.98 bits per heavy atom. The van der Waals surface area contributed by atoms with Crippen LogP contribution in [0.1, 0.15) is 63.6 Å². The molecule has 3 aliphatic rings. The molecule has 0 saturated carbocycles. The van der Waals surface area contributed by atoms with Crippen LogP contribution in [-0.2, 0) is 0 Å². The van der Waals surface area contributed by atoms with Crippen LogP contribution in [0.3, 0.4) is 0 Å². The minimum Gasteiger partial charge on any atom is -0.314 e. The molecule has 6 rings (SSSR count). The van der Waals surface area contributed by atoms with Crippen molar-refractivity contribution in [2.24, 2.45) is 11.8 Å². The van der Waals surface area contributed by atoms with Crippen LogP contribution in [0.2, 0.25) is 0 Å². The summed E-state index contributed by atoms with van der Waals surface area (Å²) in [6.07, 6.45) is 19.7. The molecule has 3 aliphatic carbocycles. The van der Waals surface area contributed by atoms with Gasteiger partial charge in [-0.15, -0.1) is 0 Å². The normalized spacial score (nSPS) is 19.6. The van der Waals surface area contributed by atoms with Crippen molar-refractivity contribution in [2.75, 3.05) is 9.80 Å². The highest BCUT2D eigenvalue weighted by Crippen LogP contribution is 2.40. The number of hydrogen-bond acceptors (Lipinski definition) is 2. The minimum atomic E-state index is 0.448. The predicted octanol–water partition coefficient (Wildman–Crippen LogP) is 11.8. The Morgan fingerprint density at radius 2 is 1.39 bits per heavy atom. The molecule has 1 unspecified atom stereocenters. The number of aryl methyl sites for hydroxylation is 3. The molecule has 0 aliphatic heterocycles. The summed E-state index contributed by atoms with van der Waals surface area (Å²) in [5.41, 5.74) is 16.7. The van der Waals surface area contributed by atoms with E-state index in [4.69, 9.17) is 0 Å². The van der Waals surface area contributed by atoms with Crippen LogP contribution in [-0.4, -0.2) is 0 Å². The first-order valence-corrected chi connectivity index (χ1v) is 16.2. The van der Waals surface area contributed by atoms with Crippen LogP contribution >= 0.6 is 0 Å². The number of benzene rings is 3. The van der Waals surface area contributed by atoms with E-state index in [2.05, 4.69) is 161 Å². The summed E-state index contributed by atoms with van der Waals surface area (Å²) in [6.45, 7) is 15.7. The molecule has 3 aromatic carbocycles. The fourth-order valence-electron chi connectivity index (χ4n) is 7.00. The van der Waals surface area contributed by atoms with Crippen molar-refractivity contribution < 1.29 is 0 Å². The van der Waals surface area contributed by atoms with Gasteiger partial charge in [0.2, 0.25) is 0 Å². The molecule has 3 aromatic rings. The third kappa shape index (κ3) is 6.04. The molecule has 0 amide bonds. The van der Waals surface area contributed by atoms with Crippen molar-refractivity contribution in [3.63, 3.8) is 0 Å². The summed E-state index contributed by atoms with van der Waals surface area (Å²) in [4.78, 5) is 4.91. The zero-order chi connectivity index (χ0) is 31.0. The second-order valence-electron chi connectivity index (χ2n) is 13.1. The lowest BCUT2D eigenvalue weighted by atomic mass is 9.94. The second-order valence-corrected chi connectivity index (χ2v) is 13.1. The molecule has 0 radical (unpaired) electrons. The highest BCUT2D eigenvalue weighted by Gasteiger charge is 2.24. The molecule has 2 heteroatoms. The lowest BCUT2D eigenvalue weighted by Gasteiger charge is -2.31. The average Bonchev–Trinajstić information content (AvgIpc) is 3.31. The largest absolute Gasteiger partial charge is 0.314 e. The van der Waals surface area contributed by atoms with Crippen molar-refractivity contribution in [3.05, 3.63) is 148 Å². The first-order chi connectivity index (χ1) is 21.2. The summed E-state index contributed by atoms with van der Waals surface area (Å²) in [7, 11) is 0. The van der Waals surface area contributed by atoms with Gasteiger partial charge in [-0.3, -0.25) is 0 Å². The van der Waals surface area contributed by atoms with Gasteiger partial charge in [-0.1, -0.05) is 74.1 Å². The number of anilines is 3. The van der Waals surface area contributed by atoms with Crippen LogP contribution in [0, 0.1) is 32.6 Å². The summed E-state index contributed by atoms with van der Waals surface area (Å²) >= 11 is 0. The maximum atomic E-state index is 2.46. The quantitative estimate of drug-likeness (QED) is 0.275. The van der Waals surface area contributed by atoms with E-state index in [1.807, 2.05) is 0 Å². The predicted molar refractivity (Wildman–Crippen MR) is 190 cm³/mol. The molecule has 224 valence electrons. The smallest absolute Gasteiger partial charge is 0.0464 e. The van der Waals surface area contributed by atoms with E-state index >= 15 is 0 Å². The van der Waals surface area contributed by atoms with Gasteiger partial charge < -0.3 is 9.80 Å². The maximum absolute atomic E-state index is 2.46. The maximum Gasteiger partial charge on any atom is 0.0464 e. The number of allylic oxidation sites excluding steroid dienone is 10. The third-order valence-electron chi connectivity index (χ3n) is 9.12. The molecule has 0 N–H and O–H groups in total. The van der Waals surface area contributed by atoms with Crippen LogP contribution in [0.4, 0.5) is 17.1 Å². The van der Waals surface area contributed by atoms with Crippen LogP contribution < -0.4 is 9.80 Å². The zero-order valence-corrected chi connectivity index (χ0v) is 27.5. The Hall–Kier alpha value is -4.30. The van der Waals surface area contributed by atoms with E-state index in [0.29, 0.717) is 11.8 Å². The van der Waals surface area contributed by atoms with Gasteiger partial charge in [-0.2, -0.15) is 0 Å². The summed E-state index contributed by atoms with van der Waals surface area (Å²) < 4.78 is 0. The first kappa shape index (κ1) is 29.8. The van der Waals surface area contributed by atoms with Gasteiger partial charge in [-0.05, 0) is 148 Å². The summed E-state index contributed by atoms with van der Waals surface area (Å²) in [5, 5.41) is 0. The molecule has 44 heavy (non-hydrogen) atoms. The Kier molecular flexibility index (Phi) is 8.36. The molecule has 0 spiro atoms. The molecule has 0 saturated heterocycles. The Bertz CT molecular complexity index is 1770. The van der Waals surface area contributed by atoms with E-state index in [9.17, 15) is 0 Å². The lowest BCUT2D eigenvalue weighted by Crippen LogP contribution is -2.23. The van der Waals surface area contributed by atoms with Crippen molar-refractivity contribution in [1.82, 2.24) is 0 Å². The Balaban J connectivity index is 1.38. The SMILES string of the molecule is CC1=CCCC(N(c2cccc(C)c2)c2ccc(-c3ccc(N(C4=C[C@H](C)CC=C4)C4=CC(C)C=C4C)cc3C)c(C)c2)=C1. The van der Waals surface area contributed by atoms with Crippen molar-refractivity contribution in [2.45, 2.75) is 67.7 Å². The fourth-order valence-corrected chi connectivity index (χ4v) is 7.00. The fraction of sp³-hybridized carbons (Fsp3) is 0.286. The zero-order valence-electron chi connectivity index (χ0n) is 27.5. The second kappa shape index (κ2) is 12.4. The number of nitrogens with zero attached hydrogens (tertiary/aromatic N) is 2. The molecule has 0 aromatic heterocycles. The van der Waals surface area contributed by atoms with Gasteiger partial charge in [0.25, 0.3) is 0 Å². The van der Waals surface area contributed by atoms with Gasteiger partial charge in [-0.25, -0.2) is 0 Å². The number of rotatable bonds is 7. The molecule has 0 heterocycles. The van der Waals surface area contributed by atoms with E-state index in [1.165, 1.54) is 73.1 Å². The molecule has 0 fully saturated rings. The molecule has 2 atom stereocenters. The number of hydrogen-bond donors (Lipinski definition) is 0. The molecule has 0 bridgehead atoms. The summed E-state index contributed by atoms with van der Waals surface area (Å²) in [5.74, 6) is 0.981. The highest BCUT2D eigenvalue weighted by atomic mass is 15.2. The van der Waals surface area contributed by atoms with Gasteiger partial charge in [0.15, 0.2) is 0 Å². The van der Waals surface area contributed by atoms with E-state index in [0.717, 1.165) is 19.3 Å². The van der Waals surface area contributed by atoms with Crippen molar-refractivity contribution in [3.8, 4) is 11.1 Å². The Morgan fingerprint density at radius 1 is 0.705 bits per heavy atom. The molecule has 2 nitrogen and oxygen atoms in total. The highest BCUT2D eigenvalue weighted by molar-refractivity contribution is 5.79. The molecular formula is C42H46N2. The van der Waals surface area contributed by atoms with Gasteiger partial charge in [0.05, 0.1) is 0 Å². The van der Waals surface area contributed by atoms with Crippen molar-refractivity contribution in [1.29, 1.82) is 0 Å². The topological polar surface area (TPSA) is 6.48 Å². The van der Waals surface area contributed by atoms with E-state index in [1.54, 1.807) is 0 Å². The first-order valence-electron chi connectivity index (χ1n) is 16.2. The third-order valence-corrected chi connectivity index (χ3v) is 9.12.